The number of likely N-dealkylation sites (N-methyl/N-ethyl adjacent to an activating group) is 1. The Morgan fingerprint density at radius 3 is 2.36 bits per heavy atom. The van der Waals surface area contributed by atoms with Gasteiger partial charge in [0.1, 0.15) is 0 Å². The molecule has 1 aliphatic heterocycles. The standard InChI is InChI=1S/C31H51NO4/c1-8-23(34)32(7)16-19-15-18(2)24-25(36-19)26(35)29(6)21-10-9-20-27(3,4)22(33)11-12-30(20)17-31(21,30)14-13-28(24,29)5/h18-22,24-26,33,35H,8-17H2,1-7H3/t18-,19-,20?,21?,22+,24?,25+,26+,28-,29-,30-,31+/m1/s1. The second-order valence-corrected chi connectivity index (χ2v) is 15.3. The molecule has 2 N–H and O–H groups in total. The van der Waals surface area contributed by atoms with E-state index in [-0.39, 0.29) is 40.5 Å². The molecule has 1 saturated heterocycles. The number of nitrogens with zero attached hydrogens (tertiary/aromatic N) is 1. The summed E-state index contributed by atoms with van der Waals surface area (Å²) in [5.74, 6) is 2.14. The zero-order valence-electron chi connectivity index (χ0n) is 23.8. The molecule has 5 aliphatic carbocycles. The smallest absolute Gasteiger partial charge is 0.222 e. The summed E-state index contributed by atoms with van der Waals surface area (Å²) in [6.45, 7) is 14.5. The van der Waals surface area contributed by atoms with Crippen molar-refractivity contribution in [3.05, 3.63) is 0 Å². The Balaban J connectivity index is 1.31. The van der Waals surface area contributed by atoms with Crippen LogP contribution in [0.25, 0.3) is 0 Å². The number of carbonyl (C=O) groups is 1. The van der Waals surface area contributed by atoms with Gasteiger partial charge in [0, 0.05) is 25.4 Å². The van der Waals surface area contributed by atoms with Crippen LogP contribution in [0.5, 0.6) is 0 Å². The largest absolute Gasteiger partial charge is 0.393 e. The van der Waals surface area contributed by atoms with Gasteiger partial charge in [0.25, 0.3) is 0 Å². The number of aliphatic hydroxyl groups is 2. The minimum absolute atomic E-state index is 0.00125. The fraction of sp³-hybridized carbons (Fsp3) is 0.968. The first-order chi connectivity index (χ1) is 16.8. The van der Waals surface area contributed by atoms with E-state index in [1.165, 1.54) is 38.5 Å². The van der Waals surface area contributed by atoms with E-state index < -0.39 is 6.10 Å². The summed E-state index contributed by atoms with van der Waals surface area (Å²) >= 11 is 0. The number of amides is 1. The third-order valence-electron chi connectivity index (χ3n) is 14.1. The van der Waals surface area contributed by atoms with Crippen molar-refractivity contribution in [1.82, 2.24) is 4.90 Å². The van der Waals surface area contributed by atoms with Crippen LogP contribution in [-0.4, -0.2) is 59.0 Å². The van der Waals surface area contributed by atoms with Gasteiger partial charge in [0.05, 0.1) is 24.4 Å². The highest BCUT2D eigenvalue weighted by Gasteiger charge is 2.84. The van der Waals surface area contributed by atoms with E-state index in [9.17, 15) is 15.0 Å². The van der Waals surface area contributed by atoms with Crippen LogP contribution in [0.4, 0.5) is 0 Å². The summed E-state index contributed by atoms with van der Waals surface area (Å²) in [6.07, 6.45) is 8.96. The summed E-state index contributed by atoms with van der Waals surface area (Å²) in [5, 5.41) is 23.1. The van der Waals surface area contributed by atoms with Crippen molar-refractivity contribution in [1.29, 1.82) is 0 Å². The van der Waals surface area contributed by atoms with Crippen LogP contribution in [0.3, 0.4) is 0 Å². The lowest BCUT2D eigenvalue weighted by atomic mass is 9.41. The highest BCUT2D eigenvalue weighted by molar-refractivity contribution is 5.75. The van der Waals surface area contributed by atoms with Crippen LogP contribution in [-0.2, 0) is 9.53 Å². The molecule has 204 valence electrons. The quantitative estimate of drug-likeness (QED) is 0.569. The molecule has 5 heteroatoms. The molecule has 3 unspecified atom stereocenters. The van der Waals surface area contributed by atoms with E-state index in [1.54, 1.807) is 0 Å². The number of rotatable bonds is 3. The Morgan fingerprint density at radius 1 is 1.00 bits per heavy atom. The minimum Gasteiger partial charge on any atom is -0.393 e. The van der Waals surface area contributed by atoms with Crippen LogP contribution in [0.2, 0.25) is 0 Å². The molecule has 0 aromatic rings. The molecular formula is C31H51NO4. The van der Waals surface area contributed by atoms with Crippen molar-refractivity contribution in [3.63, 3.8) is 0 Å². The number of ether oxygens (including phenoxy) is 1. The van der Waals surface area contributed by atoms with Crippen molar-refractivity contribution in [2.24, 2.45) is 50.7 Å². The first kappa shape index (κ1) is 25.6. The predicted octanol–water partition coefficient (Wildman–Crippen LogP) is 5.03. The van der Waals surface area contributed by atoms with Crippen LogP contribution >= 0.6 is 0 Å². The molecule has 2 spiro atoms. The normalized spacial score (nSPS) is 56.5. The Bertz CT molecular complexity index is 936. The van der Waals surface area contributed by atoms with Crippen LogP contribution in [0.15, 0.2) is 0 Å². The van der Waals surface area contributed by atoms with E-state index in [1.807, 2.05) is 18.9 Å². The molecule has 1 amide bonds. The number of hydrogen-bond donors (Lipinski definition) is 2. The Morgan fingerprint density at radius 2 is 1.67 bits per heavy atom. The van der Waals surface area contributed by atoms with Gasteiger partial charge in [0.15, 0.2) is 0 Å². The third-order valence-corrected chi connectivity index (χ3v) is 14.1. The van der Waals surface area contributed by atoms with Crippen molar-refractivity contribution < 1.29 is 19.7 Å². The Labute approximate surface area is 218 Å². The molecule has 6 rings (SSSR count). The van der Waals surface area contributed by atoms with E-state index >= 15 is 0 Å². The molecule has 0 bridgehead atoms. The third kappa shape index (κ3) is 2.81. The maximum absolute atomic E-state index is 12.2. The van der Waals surface area contributed by atoms with Gasteiger partial charge in [-0.2, -0.15) is 0 Å². The molecule has 0 radical (unpaired) electrons. The first-order valence-electron chi connectivity index (χ1n) is 15.1. The minimum atomic E-state index is -0.455. The molecule has 0 aromatic carbocycles. The SMILES string of the molecule is CCC(=O)N(C)C[C@H]1C[C@@H](C)C2[C@H](O1)[C@H](O)[C@@]1(C)C3CCC4C(C)(C)[C@@H](O)CC[C@@]45C[C@@]35CC[C@]21C. The molecule has 1 heterocycles. The van der Waals surface area contributed by atoms with Crippen molar-refractivity contribution in [3.8, 4) is 0 Å². The van der Waals surface area contributed by atoms with Gasteiger partial charge in [-0.25, -0.2) is 0 Å². The average molecular weight is 502 g/mol. The highest BCUT2D eigenvalue weighted by atomic mass is 16.5. The van der Waals surface area contributed by atoms with E-state index in [2.05, 4.69) is 34.6 Å². The lowest BCUT2D eigenvalue weighted by Gasteiger charge is -2.63. The maximum atomic E-state index is 12.2. The molecule has 12 atom stereocenters. The number of hydrogen-bond acceptors (Lipinski definition) is 4. The van der Waals surface area contributed by atoms with Gasteiger partial charge in [-0.1, -0.05) is 41.5 Å². The van der Waals surface area contributed by atoms with Crippen molar-refractivity contribution in [2.75, 3.05) is 13.6 Å². The van der Waals surface area contributed by atoms with Gasteiger partial charge >= 0.3 is 0 Å². The summed E-state index contributed by atoms with van der Waals surface area (Å²) in [6, 6.07) is 0. The fourth-order valence-corrected chi connectivity index (χ4v) is 12.2. The summed E-state index contributed by atoms with van der Waals surface area (Å²) < 4.78 is 6.78. The molecule has 5 nitrogen and oxygen atoms in total. The van der Waals surface area contributed by atoms with Gasteiger partial charge < -0.3 is 19.8 Å². The van der Waals surface area contributed by atoms with Crippen LogP contribution < -0.4 is 0 Å². The first-order valence-corrected chi connectivity index (χ1v) is 15.1. The van der Waals surface area contributed by atoms with Crippen molar-refractivity contribution in [2.45, 2.75) is 124 Å². The number of aliphatic hydroxyl groups excluding tert-OH is 2. The lowest BCUT2D eigenvalue weighted by Crippen LogP contribution is -2.59. The van der Waals surface area contributed by atoms with E-state index in [0.29, 0.717) is 47.5 Å². The zero-order valence-corrected chi connectivity index (χ0v) is 23.8. The van der Waals surface area contributed by atoms with Crippen LogP contribution in [0.1, 0.15) is 99.3 Å². The molecule has 5 saturated carbocycles. The Hall–Kier alpha value is -0.650. The van der Waals surface area contributed by atoms with Gasteiger partial charge in [-0.15, -0.1) is 0 Å². The average Bonchev–Trinajstić information content (AvgIpc) is 3.46. The Kier molecular flexibility index (Phi) is 5.49. The zero-order chi connectivity index (χ0) is 26.1. The second-order valence-electron chi connectivity index (χ2n) is 15.3. The van der Waals surface area contributed by atoms with Gasteiger partial charge in [-0.3, -0.25) is 4.79 Å². The molecule has 6 fully saturated rings. The summed E-state index contributed by atoms with van der Waals surface area (Å²) in [4.78, 5) is 14.1. The second kappa shape index (κ2) is 7.72. The lowest BCUT2D eigenvalue weighted by molar-refractivity contribution is -0.182. The number of carbonyl (C=O) groups excluding carboxylic acids is 1. The predicted molar refractivity (Wildman–Crippen MR) is 140 cm³/mol. The van der Waals surface area contributed by atoms with E-state index in [0.717, 1.165) is 12.8 Å². The maximum Gasteiger partial charge on any atom is 0.222 e. The number of fused-ring (bicyclic) bond motifs is 4. The van der Waals surface area contributed by atoms with Crippen molar-refractivity contribution >= 4 is 5.91 Å². The molecule has 0 aromatic heterocycles. The van der Waals surface area contributed by atoms with E-state index in [4.69, 9.17) is 4.74 Å². The molecule has 36 heavy (non-hydrogen) atoms. The topological polar surface area (TPSA) is 70.0 Å². The monoisotopic (exact) mass is 501 g/mol. The fourth-order valence-electron chi connectivity index (χ4n) is 12.2. The van der Waals surface area contributed by atoms with Gasteiger partial charge in [0.2, 0.25) is 5.91 Å². The summed E-state index contributed by atoms with van der Waals surface area (Å²) in [7, 11) is 1.89. The summed E-state index contributed by atoms with van der Waals surface area (Å²) in [5.41, 5.74) is 0.622. The molecule has 6 aliphatic rings. The molecular weight excluding hydrogens is 450 g/mol. The van der Waals surface area contributed by atoms with Crippen LogP contribution in [0, 0.1) is 50.7 Å². The van der Waals surface area contributed by atoms with Gasteiger partial charge in [-0.05, 0) is 96.7 Å². The highest BCUT2D eigenvalue weighted by Crippen LogP contribution is 2.89.